The number of ether oxygens (including phenoxy) is 2. The highest BCUT2D eigenvalue weighted by Gasteiger charge is 2.12. The molecule has 5 nitrogen and oxygen atoms in total. The minimum absolute atomic E-state index is 0.295. The molecule has 1 aliphatic heterocycles. The molecule has 1 heterocycles. The van der Waals surface area contributed by atoms with Crippen molar-refractivity contribution in [2.24, 2.45) is 4.99 Å². The molecular formula is C18H21N3O2. The molecule has 2 N–H and O–H groups in total. The van der Waals surface area contributed by atoms with Crippen LogP contribution in [0.25, 0.3) is 0 Å². The highest BCUT2D eigenvalue weighted by Crippen LogP contribution is 2.32. The number of aliphatic imine (C=N–C) groups is 1. The van der Waals surface area contributed by atoms with Gasteiger partial charge in [-0.25, -0.2) is 4.99 Å². The van der Waals surface area contributed by atoms with Crippen molar-refractivity contribution in [3.05, 3.63) is 59.7 Å². The molecule has 0 bridgehead atoms. The van der Waals surface area contributed by atoms with Gasteiger partial charge in [-0.3, -0.25) is 0 Å². The molecule has 0 saturated carbocycles. The van der Waals surface area contributed by atoms with Crippen LogP contribution >= 0.6 is 0 Å². The smallest absolute Gasteiger partial charge is 0.231 e. The monoisotopic (exact) mass is 311 g/mol. The molecule has 3 rings (SSSR count). The van der Waals surface area contributed by atoms with Crippen molar-refractivity contribution in [2.45, 2.75) is 20.0 Å². The summed E-state index contributed by atoms with van der Waals surface area (Å²) in [6.45, 7) is 4.50. The van der Waals surface area contributed by atoms with Gasteiger partial charge in [0.15, 0.2) is 17.5 Å². The zero-order valence-corrected chi connectivity index (χ0v) is 13.2. The standard InChI is InChI=1S/C18H21N3O2/c1-2-19-18(20-11-14-6-4-3-5-7-14)21-12-15-8-9-16-17(10-15)23-13-22-16/h3-10H,2,11-13H2,1H3,(H2,19,20,21). The summed E-state index contributed by atoms with van der Waals surface area (Å²) in [6.07, 6.45) is 0. The summed E-state index contributed by atoms with van der Waals surface area (Å²) in [5, 5.41) is 6.60. The molecule has 0 unspecified atom stereocenters. The van der Waals surface area contributed by atoms with E-state index in [4.69, 9.17) is 9.47 Å². The van der Waals surface area contributed by atoms with Crippen LogP contribution in [0, 0.1) is 0 Å². The summed E-state index contributed by atoms with van der Waals surface area (Å²) in [6, 6.07) is 16.2. The lowest BCUT2D eigenvalue weighted by atomic mass is 10.2. The normalized spacial score (nSPS) is 13.0. The zero-order valence-electron chi connectivity index (χ0n) is 13.2. The van der Waals surface area contributed by atoms with Crippen LogP contribution in [-0.2, 0) is 13.1 Å². The number of hydrogen-bond acceptors (Lipinski definition) is 3. The van der Waals surface area contributed by atoms with Gasteiger partial charge in [-0.15, -0.1) is 0 Å². The number of hydrogen-bond donors (Lipinski definition) is 2. The largest absolute Gasteiger partial charge is 0.454 e. The summed E-state index contributed by atoms with van der Waals surface area (Å²) in [7, 11) is 0. The highest BCUT2D eigenvalue weighted by molar-refractivity contribution is 5.79. The fourth-order valence-electron chi connectivity index (χ4n) is 2.33. The third-order valence-electron chi connectivity index (χ3n) is 3.50. The molecule has 0 amide bonds. The van der Waals surface area contributed by atoms with E-state index in [1.165, 1.54) is 5.56 Å². The van der Waals surface area contributed by atoms with Crippen LogP contribution in [0.4, 0.5) is 0 Å². The van der Waals surface area contributed by atoms with Gasteiger partial charge < -0.3 is 20.1 Å². The summed E-state index contributed by atoms with van der Waals surface area (Å²) < 4.78 is 10.7. The number of guanidine groups is 1. The summed E-state index contributed by atoms with van der Waals surface area (Å²) in [4.78, 5) is 4.62. The molecule has 0 aliphatic carbocycles. The quantitative estimate of drug-likeness (QED) is 0.658. The van der Waals surface area contributed by atoms with E-state index in [1.54, 1.807) is 0 Å². The first-order valence-corrected chi connectivity index (χ1v) is 7.80. The van der Waals surface area contributed by atoms with E-state index in [9.17, 15) is 0 Å². The molecule has 1 aliphatic rings. The van der Waals surface area contributed by atoms with Crippen molar-refractivity contribution in [3.8, 4) is 11.5 Å². The first-order valence-electron chi connectivity index (χ1n) is 7.80. The highest BCUT2D eigenvalue weighted by atomic mass is 16.7. The van der Waals surface area contributed by atoms with E-state index in [-0.39, 0.29) is 0 Å². The molecule has 0 atom stereocenters. The molecule has 2 aromatic rings. The molecule has 23 heavy (non-hydrogen) atoms. The first kappa shape index (κ1) is 15.2. The molecule has 2 aromatic carbocycles. The van der Waals surface area contributed by atoms with Crippen molar-refractivity contribution in [3.63, 3.8) is 0 Å². The minimum Gasteiger partial charge on any atom is -0.454 e. The van der Waals surface area contributed by atoms with E-state index in [0.29, 0.717) is 13.3 Å². The fourth-order valence-corrected chi connectivity index (χ4v) is 2.33. The average molecular weight is 311 g/mol. The first-order chi connectivity index (χ1) is 11.3. The van der Waals surface area contributed by atoms with Crippen LogP contribution in [-0.4, -0.2) is 19.3 Å². The Morgan fingerprint density at radius 2 is 1.83 bits per heavy atom. The van der Waals surface area contributed by atoms with Crippen LogP contribution in [0.15, 0.2) is 53.5 Å². The van der Waals surface area contributed by atoms with Gasteiger partial charge in [0.1, 0.15) is 0 Å². The van der Waals surface area contributed by atoms with Crippen molar-refractivity contribution < 1.29 is 9.47 Å². The molecule has 120 valence electrons. The van der Waals surface area contributed by atoms with E-state index in [1.807, 2.05) is 36.4 Å². The molecule has 0 aromatic heterocycles. The second-order valence-electron chi connectivity index (χ2n) is 5.22. The maximum Gasteiger partial charge on any atom is 0.231 e. The van der Waals surface area contributed by atoms with Crippen molar-refractivity contribution >= 4 is 5.96 Å². The molecule has 0 spiro atoms. The summed E-state index contributed by atoms with van der Waals surface area (Å²) >= 11 is 0. The van der Waals surface area contributed by atoms with E-state index < -0.39 is 0 Å². The lowest BCUT2D eigenvalue weighted by molar-refractivity contribution is 0.174. The summed E-state index contributed by atoms with van der Waals surface area (Å²) in [5.74, 6) is 2.39. The van der Waals surface area contributed by atoms with E-state index in [2.05, 4.69) is 34.7 Å². The zero-order chi connectivity index (χ0) is 15.9. The Labute approximate surface area is 136 Å². The maximum absolute atomic E-state index is 5.40. The Morgan fingerprint density at radius 1 is 1.00 bits per heavy atom. The molecule has 0 fully saturated rings. The van der Waals surface area contributed by atoms with Gasteiger partial charge in [-0.05, 0) is 30.2 Å². The fraction of sp³-hybridized carbons (Fsp3) is 0.278. The van der Waals surface area contributed by atoms with Crippen LogP contribution in [0.5, 0.6) is 11.5 Å². The average Bonchev–Trinajstić information content (AvgIpc) is 3.06. The topological polar surface area (TPSA) is 54.9 Å². The van der Waals surface area contributed by atoms with Gasteiger partial charge in [-0.2, -0.15) is 0 Å². The second-order valence-corrected chi connectivity index (χ2v) is 5.22. The van der Waals surface area contributed by atoms with Crippen LogP contribution in [0.2, 0.25) is 0 Å². The van der Waals surface area contributed by atoms with Crippen molar-refractivity contribution in [2.75, 3.05) is 13.3 Å². The van der Waals surface area contributed by atoms with Crippen molar-refractivity contribution in [1.29, 1.82) is 0 Å². The van der Waals surface area contributed by atoms with Gasteiger partial charge in [0.2, 0.25) is 6.79 Å². The Hall–Kier alpha value is -2.69. The Balaban J connectivity index is 1.62. The Bertz CT molecular complexity index is 671. The minimum atomic E-state index is 0.295. The molecule has 5 heteroatoms. The van der Waals surface area contributed by atoms with Crippen LogP contribution in [0.1, 0.15) is 18.1 Å². The molecule has 0 radical (unpaired) electrons. The number of fused-ring (bicyclic) bond motifs is 1. The lowest BCUT2D eigenvalue weighted by Gasteiger charge is -2.11. The second kappa shape index (κ2) is 7.54. The van der Waals surface area contributed by atoms with Gasteiger partial charge in [-0.1, -0.05) is 36.4 Å². The summed E-state index contributed by atoms with van der Waals surface area (Å²) in [5.41, 5.74) is 2.31. The van der Waals surface area contributed by atoms with Gasteiger partial charge in [0.05, 0.1) is 6.54 Å². The van der Waals surface area contributed by atoms with Gasteiger partial charge in [0.25, 0.3) is 0 Å². The lowest BCUT2D eigenvalue weighted by Crippen LogP contribution is -2.36. The molecular weight excluding hydrogens is 290 g/mol. The van der Waals surface area contributed by atoms with Gasteiger partial charge >= 0.3 is 0 Å². The predicted octanol–water partition coefficient (Wildman–Crippen LogP) is 2.67. The van der Waals surface area contributed by atoms with Crippen molar-refractivity contribution in [1.82, 2.24) is 10.6 Å². The Kier molecular flexibility index (Phi) is 4.99. The number of nitrogens with zero attached hydrogens (tertiary/aromatic N) is 1. The van der Waals surface area contributed by atoms with Gasteiger partial charge in [0, 0.05) is 13.1 Å². The number of nitrogens with one attached hydrogen (secondary N) is 2. The van der Waals surface area contributed by atoms with E-state index >= 15 is 0 Å². The SMILES string of the molecule is CCNC(=NCc1ccc2c(c1)OCO2)NCc1ccccc1. The molecule has 0 saturated heterocycles. The Morgan fingerprint density at radius 3 is 2.65 bits per heavy atom. The number of benzene rings is 2. The third-order valence-corrected chi connectivity index (χ3v) is 3.50. The number of rotatable bonds is 5. The van der Waals surface area contributed by atoms with Crippen LogP contribution < -0.4 is 20.1 Å². The third kappa shape index (κ3) is 4.16. The van der Waals surface area contributed by atoms with Crippen LogP contribution in [0.3, 0.4) is 0 Å². The predicted molar refractivity (Wildman–Crippen MR) is 90.7 cm³/mol. The maximum atomic E-state index is 5.40. The van der Waals surface area contributed by atoms with E-state index in [0.717, 1.165) is 36.1 Å².